The number of fused-ring (bicyclic) bond motifs is 6. The number of rotatable bonds is 4. The van der Waals surface area contributed by atoms with E-state index in [2.05, 4.69) is 201 Å². The van der Waals surface area contributed by atoms with E-state index in [0.717, 1.165) is 28.1 Å². The molecule has 0 spiro atoms. The highest BCUT2D eigenvalue weighted by molar-refractivity contribution is 6.65. The maximum atomic E-state index is 5.16. The zero-order valence-corrected chi connectivity index (χ0v) is 34.5. The van der Waals surface area contributed by atoms with Gasteiger partial charge in [-0.25, -0.2) is 4.98 Å². The molecule has 0 saturated heterocycles. The molecule has 0 radical (unpaired) electrons. The summed E-state index contributed by atoms with van der Waals surface area (Å²) in [6.07, 6.45) is 0. The first-order valence-electron chi connectivity index (χ1n) is 20.3. The van der Waals surface area contributed by atoms with Crippen molar-refractivity contribution in [3.05, 3.63) is 139 Å². The van der Waals surface area contributed by atoms with Gasteiger partial charge in [0.15, 0.2) is 0 Å². The molecule has 9 aromatic rings. The molecule has 264 valence electrons. The lowest BCUT2D eigenvalue weighted by Gasteiger charge is -2.30. The Labute approximate surface area is 342 Å². The molecule has 0 unspecified atom stereocenters. The summed E-state index contributed by atoms with van der Waals surface area (Å²) in [5.74, 6) is 0.942. The van der Waals surface area contributed by atoms with E-state index in [4.69, 9.17) is 4.98 Å². The Morgan fingerprint density at radius 2 is 0.860 bits per heavy atom. The van der Waals surface area contributed by atoms with Crippen LogP contribution in [0, 0.1) is 0 Å². The maximum Gasteiger partial charge on any atom is 0.145 e. The Kier molecular flexibility index (Phi) is 8.04. The largest absolute Gasteiger partial charge is 0.292 e. The Morgan fingerprint density at radius 1 is 0.404 bits per heavy atom. The van der Waals surface area contributed by atoms with Gasteiger partial charge >= 0.3 is 0 Å². The molecule has 8 aromatic carbocycles. The average molecular weight is 722 g/mol. The van der Waals surface area contributed by atoms with Gasteiger partial charge in [-0.1, -0.05) is 144 Å². The number of nitrogens with zero attached hydrogens (tertiary/aromatic N) is 2. The van der Waals surface area contributed by atoms with Crippen molar-refractivity contribution in [2.24, 2.45) is 0 Å². The molecule has 1 aliphatic carbocycles. The molecule has 0 fully saturated rings. The summed E-state index contributed by atoms with van der Waals surface area (Å²) in [7, 11) is 16.4. The predicted octanol–water partition coefficient (Wildman–Crippen LogP) is 0.448. The molecule has 0 saturated carbocycles. The van der Waals surface area contributed by atoms with Gasteiger partial charge in [0.1, 0.15) is 60.7 Å². The van der Waals surface area contributed by atoms with Crippen molar-refractivity contribution in [1.82, 2.24) is 9.55 Å². The van der Waals surface area contributed by atoms with Gasteiger partial charge in [0.25, 0.3) is 0 Å². The summed E-state index contributed by atoms with van der Waals surface area (Å²) in [6, 6.07) is 46.2. The summed E-state index contributed by atoms with van der Waals surface area (Å²) in [6.45, 7) is 4.92. The van der Waals surface area contributed by atoms with Crippen molar-refractivity contribution < 1.29 is 0 Å². The van der Waals surface area contributed by atoms with E-state index in [1.54, 1.807) is 0 Å². The molecular formula is C48H41B7N2. The number of benzene rings is 8. The lowest BCUT2D eigenvalue weighted by atomic mass is 9.61. The van der Waals surface area contributed by atoms with Crippen LogP contribution >= 0.6 is 0 Å². The smallest absolute Gasteiger partial charge is 0.145 e. The van der Waals surface area contributed by atoms with Crippen molar-refractivity contribution >= 4 is 126 Å². The highest BCUT2D eigenvalue weighted by Gasteiger charge is 2.41. The van der Waals surface area contributed by atoms with Gasteiger partial charge in [0, 0.05) is 16.7 Å². The van der Waals surface area contributed by atoms with E-state index >= 15 is 0 Å². The summed E-state index contributed by atoms with van der Waals surface area (Å²) >= 11 is 0. The molecule has 2 nitrogen and oxygen atoms in total. The third-order valence-electron chi connectivity index (χ3n) is 13.7. The second-order valence-corrected chi connectivity index (χ2v) is 16.9. The molecule has 0 amide bonds. The summed E-state index contributed by atoms with van der Waals surface area (Å²) in [5.41, 5.74) is 25.2. The number of aromatic nitrogens is 2. The Hall–Kier alpha value is -5.80. The fourth-order valence-electron chi connectivity index (χ4n) is 10.7. The second kappa shape index (κ2) is 12.9. The quantitative estimate of drug-likeness (QED) is 0.191. The topological polar surface area (TPSA) is 17.8 Å². The predicted molar refractivity (Wildman–Crippen MR) is 267 cm³/mol. The highest BCUT2D eigenvalue weighted by atomic mass is 15.1. The van der Waals surface area contributed by atoms with E-state index in [1.807, 2.05) is 0 Å². The third-order valence-corrected chi connectivity index (χ3v) is 13.7. The molecular weight excluding hydrogens is 680 g/mol. The van der Waals surface area contributed by atoms with E-state index in [-0.39, 0.29) is 5.41 Å². The van der Waals surface area contributed by atoms with Crippen LogP contribution in [0.1, 0.15) is 25.0 Å². The van der Waals surface area contributed by atoms with Gasteiger partial charge in [0.05, 0.1) is 11.0 Å². The monoisotopic (exact) mass is 722 g/mol. The minimum atomic E-state index is -0.121. The Balaban J connectivity index is 1.20. The van der Waals surface area contributed by atoms with Crippen LogP contribution in [0.4, 0.5) is 0 Å². The van der Waals surface area contributed by atoms with E-state index < -0.39 is 0 Å². The summed E-state index contributed by atoms with van der Waals surface area (Å²) in [4.78, 5) is 5.16. The fourth-order valence-corrected chi connectivity index (χ4v) is 10.7. The third kappa shape index (κ3) is 4.97. The number of hydrogen-bond acceptors (Lipinski definition) is 1. The van der Waals surface area contributed by atoms with E-state index in [1.165, 1.54) is 104 Å². The first-order chi connectivity index (χ1) is 27.5. The summed E-state index contributed by atoms with van der Waals surface area (Å²) < 4.78 is 2.28. The Morgan fingerprint density at radius 3 is 1.47 bits per heavy atom. The molecule has 1 heterocycles. The van der Waals surface area contributed by atoms with Crippen LogP contribution in [0.25, 0.3) is 83.0 Å². The van der Waals surface area contributed by atoms with Crippen LogP contribution in [-0.4, -0.2) is 64.5 Å². The van der Waals surface area contributed by atoms with Crippen molar-refractivity contribution in [1.29, 1.82) is 0 Å². The normalized spacial score (nSPS) is 13.0. The standard InChI is InChI=1S/C48H41B7N2/c1-48(2)38-35(36-39(48)44(53)46(55)45(54)42(36)51)41(50)43(52)37(40(38)49)34-29-16-8-6-14-27(29)33(28-15-7-9-17-30(28)34)24-20-22-25(23-21-24)47-56-31-18-10-11-19-32(31)57(47)26-12-4-3-5-13-26/h3-23H,49-55H2,1-2H3. The zero-order chi connectivity index (χ0) is 39.5. The Bertz CT molecular complexity index is 3110. The molecule has 9 heteroatoms. The van der Waals surface area contributed by atoms with Crippen LogP contribution < -0.4 is 38.2 Å². The van der Waals surface area contributed by atoms with E-state index in [9.17, 15) is 0 Å². The summed E-state index contributed by atoms with van der Waals surface area (Å²) in [5, 5.41) is 5.12. The maximum absolute atomic E-state index is 5.16. The minimum absolute atomic E-state index is 0.121. The number of imidazole rings is 1. The van der Waals surface area contributed by atoms with Gasteiger partial charge < -0.3 is 0 Å². The van der Waals surface area contributed by atoms with Crippen LogP contribution in [0.15, 0.2) is 127 Å². The van der Waals surface area contributed by atoms with Gasteiger partial charge in [-0.2, -0.15) is 0 Å². The second-order valence-electron chi connectivity index (χ2n) is 16.9. The molecule has 0 atom stereocenters. The van der Waals surface area contributed by atoms with Crippen molar-refractivity contribution in [2.75, 3.05) is 0 Å². The van der Waals surface area contributed by atoms with Gasteiger partial charge in [0.2, 0.25) is 0 Å². The van der Waals surface area contributed by atoms with Crippen LogP contribution in [0.2, 0.25) is 0 Å². The molecule has 57 heavy (non-hydrogen) atoms. The van der Waals surface area contributed by atoms with E-state index in [0.29, 0.717) is 0 Å². The molecule has 10 rings (SSSR count). The van der Waals surface area contributed by atoms with Crippen LogP contribution in [0.5, 0.6) is 0 Å². The lowest BCUT2D eigenvalue weighted by molar-refractivity contribution is 0.670. The molecule has 0 bridgehead atoms. The van der Waals surface area contributed by atoms with Crippen molar-refractivity contribution in [2.45, 2.75) is 19.3 Å². The van der Waals surface area contributed by atoms with Crippen molar-refractivity contribution in [3.63, 3.8) is 0 Å². The number of para-hydroxylation sites is 3. The molecule has 0 aliphatic heterocycles. The van der Waals surface area contributed by atoms with Gasteiger partial charge in [-0.05, 0) is 90.3 Å². The molecule has 1 aromatic heterocycles. The zero-order valence-electron chi connectivity index (χ0n) is 34.5. The first kappa shape index (κ1) is 35.6. The van der Waals surface area contributed by atoms with Gasteiger partial charge in [-0.3, -0.25) is 4.57 Å². The van der Waals surface area contributed by atoms with Crippen LogP contribution in [0.3, 0.4) is 0 Å². The lowest BCUT2D eigenvalue weighted by Crippen LogP contribution is -2.51. The minimum Gasteiger partial charge on any atom is -0.292 e. The van der Waals surface area contributed by atoms with Crippen LogP contribution in [-0.2, 0) is 5.41 Å². The van der Waals surface area contributed by atoms with Crippen molar-refractivity contribution in [3.8, 4) is 50.5 Å². The first-order valence-corrected chi connectivity index (χ1v) is 20.3. The molecule has 0 N–H and O–H groups in total. The number of hydrogen-bond donors (Lipinski definition) is 0. The highest BCUT2D eigenvalue weighted by Crippen LogP contribution is 2.48. The molecule has 1 aliphatic rings. The van der Waals surface area contributed by atoms with Gasteiger partial charge in [-0.15, -0.1) is 10.9 Å². The average Bonchev–Trinajstić information content (AvgIpc) is 3.74. The SMILES string of the molecule is Bc1c(B)c(B)c2c(c1B)-c1c(B)c(B)c(-c3c4ccccc4c(-c4ccc(-c5nc6ccccc6n5-c5ccccc5)cc4)c4ccccc34)c(B)c1C2(C)C. The fraction of sp³-hybridized carbons (Fsp3) is 0.0625.